The van der Waals surface area contributed by atoms with Crippen molar-refractivity contribution in [1.29, 1.82) is 0 Å². The van der Waals surface area contributed by atoms with Crippen LogP contribution in [-0.2, 0) is 4.74 Å². The number of hydrogen-bond donors (Lipinski definition) is 1. The fraction of sp³-hybridized carbons (Fsp3) is 1.00. The molecule has 0 fully saturated rings. The van der Waals surface area contributed by atoms with Gasteiger partial charge < -0.3 is 10.1 Å². The van der Waals surface area contributed by atoms with E-state index in [4.69, 9.17) is 16.3 Å². The van der Waals surface area contributed by atoms with Gasteiger partial charge in [0, 0.05) is 19.0 Å². The Kier molecular flexibility index (Phi) is 13.4. The van der Waals surface area contributed by atoms with Gasteiger partial charge in [-0.1, -0.05) is 19.8 Å². The second kappa shape index (κ2) is 13.2. The first-order chi connectivity index (χ1) is 6.91. The third kappa shape index (κ3) is 12.2. The van der Waals surface area contributed by atoms with Gasteiger partial charge >= 0.3 is 0 Å². The molecule has 0 aromatic heterocycles. The molecule has 0 aliphatic carbocycles. The van der Waals surface area contributed by atoms with Gasteiger partial charge in [-0.2, -0.15) is 0 Å². The number of ether oxygens (including phenoxy) is 1. The van der Waals surface area contributed by atoms with E-state index in [1.165, 1.54) is 25.7 Å². The predicted octanol–water partition coefficient (Wildman–Crippen LogP) is 2.80. The van der Waals surface area contributed by atoms with Crippen LogP contribution in [0, 0.1) is 0 Å². The van der Waals surface area contributed by atoms with Crippen LogP contribution in [0.25, 0.3) is 0 Å². The zero-order chi connectivity index (χ0) is 10.5. The molecule has 0 heterocycles. The second-order valence-corrected chi connectivity index (χ2v) is 3.84. The van der Waals surface area contributed by atoms with Crippen molar-refractivity contribution < 1.29 is 4.74 Å². The fourth-order valence-electron chi connectivity index (χ4n) is 1.14. The van der Waals surface area contributed by atoms with E-state index in [2.05, 4.69) is 12.2 Å². The third-order valence-corrected chi connectivity index (χ3v) is 2.32. The zero-order valence-corrected chi connectivity index (χ0v) is 10.1. The Morgan fingerprint density at radius 2 is 1.86 bits per heavy atom. The molecule has 0 aromatic rings. The summed E-state index contributed by atoms with van der Waals surface area (Å²) in [6.45, 7) is 6.00. The molecule has 0 saturated heterocycles. The van der Waals surface area contributed by atoms with Crippen LogP contribution in [0.15, 0.2) is 0 Å². The fourth-order valence-corrected chi connectivity index (χ4v) is 1.33. The van der Waals surface area contributed by atoms with Gasteiger partial charge in [0.05, 0.1) is 6.61 Å². The van der Waals surface area contributed by atoms with Gasteiger partial charge in [0.15, 0.2) is 0 Å². The first-order valence-corrected chi connectivity index (χ1v) is 6.29. The van der Waals surface area contributed by atoms with Gasteiger partial charge in [0.2, 0.25) is 0 Å². The molecule has 86 valence electrons. The molecule has 0 bridgehead atoms. The topological polar surface area (TPSA) is 21.3 Å². The normalized spacial score (nSPS) is 10.7. The highest BCUT2D eigenvalue weighted by Gasteiger charge is 1.90. The maximum absolute atomic E-state index is 5.57. The van der Waals surface area contributed by atoms with Crippen LogP contribution < -0.4 is 5.32 Å². The number of nitrogens with one attached hydrogen (secondary N) is 1. The van der Waals surface area contributed by atoms with Crippen molar-refractivity contribution in [2.75, 3.05) is 32.2 Å². The Hall–Kier alpha value is 0.210. The number of rotatable bonds is 11. The van der Waals surface area contributed by atoms with E-state index in [1.807, 2.05) is 0 Å². The van der Waals surface area contributed by atoms with Crippen molar-refractivity contribution >= 4 is 11.6 Å². The molecule has 0 aliphatic rings. The van der Waals surface area contributed by atoms with E-state index in [0.717, 1.165) is 38.6 Å². The summed E-state index contributed by atoms with van der Waals surface area (Å²) < 4.78 is 5.42. The maximum Gasteiger partial charge on any atom is 0.0590 e. The number of unbranched alkanes of at least 4 members (excludes halogenated alkanes) is 3. The summed E-state index contributed by atoms with van der Waals surface area (Å²) in [5.41, 5.74) is 0. The molecule has 14 heavy (non-hydrogen) atoms. The van der Waals surface area contributed by atoms with E-state index >= 15 is 0 Å². The first kappa shape index (κ1) is 14.2. The van der Waals surface area contributed by atoms with Gasteiger partial charge in [-0.15, -0.1) is 11.6 Å². The van der Waals surface area contributed by atoms with E-state index in [-0.39, 0.29) is 0 Å². The predicted molar refractivity (Wildman–Crippen MR) is 63.2 cm³/mol. The highest BCUT2D eigenvalue weighted by molar-refractivity contribution is 6.17. The van der Waals surface area contributed by atoms with Gasteiger partial charge in [-0.25, -0.2) is 0 Å². The van der Waals surface area contributed by atoms with E-state index in [9.17, 15) is 0 Å². The van der Waals surface area contributed by atoms with Crippen molar-refractivity contribution in [1.82, 2.24) is 5.32 Å². The smallest absolute Gasteiger partial charge is 0.0590 e. The molecule has 0 spiro atoms. The van der Waals surface area contributed by atoms with Crippen LogP contribution in [0.4, 0.5) is 0 Å². The molecule has 0 aromatic carbocycles. The Bertz CT molecular complexity index is 89.3. The lowest BCUT2D eigenvalue weighted by atomic mass is 10.2. The number of alkyl halides is 1. The SMILES string of the molecule is CCCCOCCNCCCCCCl. The Labute approximate surface area is 93.4 Å². The Morgan fingerprint density at radius 3 is 2.57 bits per heavy atom. The second-order valence-electron chi connectivity index (χ2n) is 3.47. The average Bonchev–Trinajstić information content (AvgIpc) is 2.21. The minimum absolute atomic E-state index is 0.792. The molecule has 0 rings (SSSR count). The highest BCUT2D eigenvalue weighted by atomic mass is 35.5. The summed E-state index contributed by atoms with van der Waals surface area (Å²) >= 11 is 5.57. The van der Waals surface area contributed by atoms with Crippen LogP contribution >= 0.6 is 11.6 Å². The lowest BCUT2D eigenvalue weighted by Crippen LogP contribution is -2.21. The largest absolute Gasteiger partial charge is 0.380 e. The summed E-state index contributed by atoms with van der Waals surface area (Å²) in [5.74, 6) is 0.792. The quantitative estimate of drug-likeness (QED) is 0.428. The maximum atomic E-state index is 5.57. The van der Waals surface area contributed by atoms with Gasteiger partial charge in [0.1, 0.15) is 0 Å². The summed E-state index contributed by atoms with van der Waals surface area (Å²) in [6, 6.07) is 0. The molecule has 3 heteroatoms. The van der Waals surface area contributed by atoms with Gasteiger partial charge in [0.25, 0.3) is 0 Å². The standard InChI is InChI=1S/C11H24ClNO/c1-2-3-10-14-11-9-13-8-6-4-5-7-12/h13H,2-11H2,1H3. The molecule has 0 amide bonds. The molecule has 0 saturated carbocycles. The minimum Gasteiger partial charge on any atom is -0.380 e. The van der Waals surface area contributed by atoms with Crippen LogP contribution in [0.2, 0.25) is 0 Å². The molecule has 0 radical (unpaired) electrons. The van der Waals surface area contributed by atoms with Crippen LogP contribution in [0.3, 0.4) is 0 Å². The monoisotopic (exact) mass is 221 g/mol. The van der Waals surface area contributed by atoms with Crippen LogP contribution in [0.1, 0.15) is 39.0 Å². The lowest BCUT2D eigenvalue weighted by Gasteiger charge is -2.05. The van der Waals surface area contributed by atoms with Crippen molar-refractivity contribution in [3.8, 4) is 0 Å². The van der Waals surface area contributed by atoms with Crippen molar-refractivity contribution in [3.63, 3.8) is 0 Å². The van der Waals surface area contributed by atoms with E-state index < -0.39 is 0 Å². The van der Waals surface area contributed by atoms with Crippen LogP contribution in [0.5, 0.6) is 0 Å². The van der Waals surface area contributed by atoms with Crippen molar-refractivity contribution in [2.24, 2.45) is 0 Å². The zero-order valence-electron chi connectivity index (χ0n) is 9.36. The first-order valence-electron chi connectivity index (χ1n) is 5.76. The van der Waals surface area contributed by atoms with Crippen LogP contribution in [-0.4, -0.2) is 32.2 Å². The minimum atomic E-state index is 0.792. The summed E-state index contributed by atoms with van der Waals surface area (Å²) in [5, 5.41) is 3.35. The summed E-state index contributed by atoms with van der Waals surface area (Å²) in [4.78, 5) is 0. The summed E-state index contributed by atoms with van der Waals surface area (Å²) in [7, 11) is 0. The molecule has 0 unspecified atom stereocenters. The van der Waals surface area contributed by atoms with Gasteiger partial charge in [-0.3, -0.25) is 0 Å². The average molecular weight is 222 g/mol. The molecule has 2 nitrogen and oxygen atoms in total. The number of hydrogen-bond acceptors (Lipinski definition) is 2. The van der Waals surface area contributed by atoms with E-state index in [1.54, 1.807) is 0 Å². The number of halogens is 1. The van der Waals surface area contributed by atoms with Crippen molar-refractivity contribution in [3.05, 3.63) is 0 Å². The lowest BCUT2D eigenvalue weighted by molar-refractivity contribution is 0.133. The third-order valence-electron chi connectivity index (χ3n) is 2.05. The molecule has 1 N–H and O–H groups in total. The summed E-state index contributed by atoms with van der Waals surface area (Å²) in [6.07, 6.45) is 5.98. The Morgan fingerprint density at radius 1 is 1.00 bits per heavy atom. The molecular formula is C11H24ClNO. The molecular weight excluding hydrogens is 198 g/mol. The highest BCUT2D eigenvalue weighted by Crippen LogP contribution is 1.95. The Balaban J connectivity index is 2.78. The molecule has 0 atom stereocenters. The van der Waals surface area contributed by atoms with Gasteiger partial charge in [-0.05, 0) is 25.8 Å². The van der Waals surface area contributed by atoms with E-state index in [0.29, 0.717) is 0 Å². The van der Waals surface area contributed by atoms with Crippen molar-refractivity contribution in [2.45, 2.75) is 39.0 Å². The molecule has 0 aliphatic heterocycles.